The molecule has 2 heterocycles. The average molecular weight is 398 g/mol. The lowest BCUT2D eigenvalue weighted by Gasteiger charge is -2.24. The molecule has 2 amide bonds. The number of ether oxygens (including phenoxy) is 1. The monoisotopic (exact) mass is 398 g/mol. The van der Waals surface area contributed by atoms with E-state index in [1.807, 2.05) is 19.1 Å². The molecule has 0 bridgehead atoms. The summed E-state index contributed by atoms with van der Waals surface area (Å²) in [7, 11) is 1.56. The second kappa shape index (κ2) is 7.89. The predicted octanol–water partition coefficient (Wildman–Crippen LogP) is 2.31. The van der Waals surface area contributed by atoms with Crippen molar-refractivity contribution in [2.75, 3.05) is 13.7 Å². The normalized spacial score (nSPS) is 18.8. The van der Waals surface area contributed by atoms with Crippen molar-refractivity contribution in [2.45, 2.75) is 57.5 Å². The van der Waals surface area contributed by atoms with E-state index in [4.69, 9.17) is 9.15 Å². The summed E-state index contributed by atoms with van der Waals surface area (Å²) in [6.45, 7) is 2.46. The molecule has 4 rings (SSSR count). The lowest BCUT2D eigenvalue weighted by molar-refractivity contribution is -0.138. The number of nitrogens with zero attached hydrogens (tertiary/aromatic N) is 1. The molecule has 0 radical (unpaired) electrons. The van der Waals surface area contributed by atoms with Crippen LogP contribution in [0.1, 0.15) is 43.2 Å². The number of hydrogen-bond acceptors (Lipinski definition) is 5. The molecular weight excluding hydrogens is 372 g/mol. The molecule has 154 valence electrons. The van der Waals surface area contributed by atoms with Gasteiger partial charge in [-0.1, -0.05) is 0 Å². The molecule has 2 aromatic rings. The third kappa shape index (κ3) is 3.99. The van der Waals surface area contributed by atoms with Gasteiger partial charge in [0.05, 0.1) is 7.11 Å². The minimum atomic E-state index is -0.430. The fraction of sp³-hybridized carbons (Fsp3) is 0.500. The molecule has 7 heteroatoms. The van der Waals surface area contributed by atoms with Gasteiger partial charge in [0, 0.05) is 36.0 Å². The van der Waals surface area contributed by atoms with E-state index >= 15 is 0 Å². The molecule has 7 nitrogen and oxygen atoms in total. The van der Waals surface area contributed by atoms with E-state index < -0.39 is 5.63 Å². The van der Waals surface area contributed by atoms with Crippen LogP contribution in [-0.2, 0) is 16.0 Å². The van der Waals surface area contributed by atoms with Crippen LogP contribution in [0.15, 0.2) is 27.4 Å². The van der Waals surface area contributed by atoms with Crippen molar-refractivity contribution < 1.29 is 18.7 Å². The van der Waals surface area contributed by atoms with E-state index in [-0.39, 0.29) is 30.3 Å². The summed E-state index contributed by atoms with van der Waals surface area (Å²) >= 11 is 0. The van der Waals surface area contributed by atoms with Crippen molar-refractivity contribution in [1.82, 2.24) is 10.2 Å². The van der Waals surface area contributed by atoms with E-state index in [1.165, 1.54) is 0 Å². The van der Waals surface area contributed by atoms with Crippen LogP contribution in [0.4, 0.5) is 0 Å². The number of carbonyl (C=O) groups is 2. The molecule has 0 spiro atoms. The Balaban J connectivity index is 1.48. The molecule has 1 saturated heterocycles. The maximum atomic E-state index is 12.8. The highest BCUT2D eigenvalue weighted by molar-refractivity contribution is 5.89. The number of amides is 2. The summed E-state index contributed by atoms with van der Waals surface area (Å²) in [6.07, 6.45) is 4.05. The first-order valence-electron chi connectivity index (χ1n) is 10.2. The van der Waals surface area contributed by atoms with Gasteiger partial charge in [-0.2, -0.15) is 0 Å². The van der Waals surface area contributed by atoms with Crippen LogP contribution >= 0.6 is 0 Å². The smallest absolute Gasteiger partial charge is 0.339 e. The van der Waals surface area contributed by atoms with Crippen molar-refractivity contribution in [3.8, 4) is 5.75 Å². The Bertz CT molecular complexity index is 1010. The zero-order valence-corrected chi connectivity index (χ0v) is 16.8. The summed E-state index contributed by atoms with van der Waals surface area (Å²) < 4.78 is 10.6. The van der Waals surface area contributed by atoms with Crippen molar-refractivity contribution in [1.29, 1.82) is 0 Å². The Kier molecular flexibility index (Phi) is 5.30. The lowest BCUT2D eigenvalue weighted by atomic mass is 10.0. The van der Waals surface area contributed by atoms with Gasteiger partial charge >= 0.3 is 5.63 Å². The van der Waals surface area contributed by atoms with Crippen LogP contribution in [-0.4, -0.2) is 42.5 Å². The van der Waals surface area contributed by atoms with Crippen molar-refractivity contribution >= 4 is 22.8 Å². The van der Waals surface area contributed by atoms with Gasteiger partial charge in [0.1, 0.15) is 17.4 Å². The molecule has 1 atom stereocenters. The first-order valence-corrected chi connectivity index (χ1v) is 10.2. The first-order chi connectivity index (χ1) is 14.0. The van der Waals surface area contributed by atoms with Gasteiger partial charge in [-0.15, -0.1) is 0 Å². The highest BCUT2D eigenvalue weighted by atomic mass is 16.5. The van der Waals surface area contributed by atoms with Gasteiger partial charge in [0.25, 0.3) is 0 Å². The lowest BCUT2D eigenvalue weighted by Crippen LogP contribution is -2.46. The zero-order valence-electron chi connectivity index (χ0n) is 16.8. The molecule has 1 aliphatic heterocycles. The first kappa shape index (κ1) is 19.5. The number of fused-ring (bicyclic) bond motifs is 1. The Morgan fingerprint density at radius 1 is 1.28 bits per heavy atom. The highest BCUT2D eigenvalue weighted by Gasteiger charge is 2.36. The Hall–Kier alpha value is -2.83. The summed E-state index contributed by atoms with van der Waals surface area (Å²) in [5.41, 5.74) is 1.36. The number of likely N-dealkylation sites (tertiary alicyclic amines) is 1. The van der Waals surface area contributed by atoms with Crippen LogP contribution in [0.2, 0.25) is 0 Å². The van der Waals surface area contributed by atoms with Gasteiger partial charge in [0.15, 0.2) is 0 Å². The van der Waals surface area contributed by atoms with Crippen LogP contribution < -0.4 is 15.7 Å². The molecule has 1 aliphatic carbocycles. The molecule has 29 heavy (non-hydrogen) atoms. The third-order valence-corrected chi connectivity index (χ3v) is 5.88. The van der Waals surface area contributed by atoms with Gasteiger partial charge in [-0.25, -0.2) is 4.79 Å². The molecule has 2 fully saturated rings. The summed E-state index contributed by atoms with van der Waals surface area (Å²) in [5, 5.41) is 3.82. The van der Waals surface area contributed by atoms with E-state index in [9.17, 15) is 14.4 Å². The predicted molar refractivity (Wildman–Crippen MR) is 108 cm³/mol. The van der Waals surface area contributed by atoms with Gasteiger partial charge < -0.3 is 19.4 Å². The number of methoxy groups -OCH3 is 1. The second-order valence-corrected chi connectivity index (χ2v) is 7.88. The fourth-order valence-electron chi connectivity index (χ4n) is 4.03. The molecule has 1 unspecified atom stereocenters. The maximum Gasteiger partial charge on any atom is 0.339 e. The number of carbonyl (C=O) groups excluding carboxylic acids is 2. The van der Waals surface area contributed by atoms with Crippen molar-refractivity contribution in [3.05, 3.63) is 39.7 Å². The van der Waals surface area contributed by atoms with Crippen LogP contribution in [0.3, 0.4) is 0 Å². The van der Waals surface area contributed by atoms with Gasteiger partial charge in [-0.05, 0) is 56.7 Å². The van der Waals surface area contributed by atoms with Crippen LogP contribution in [0.25, 0.3) is 11.0 Å². The topological polar surface area (TPSA) is 88.9 Å². The Morgan fingerprint density at radius 3 is 2.79 bits per heavy atom. The Morgan fingerprint density at radius 2 is 2.07 bits per heavy atom. The number of hydrogen-bond donors (Lipinski definition) is 1. The molecule has 1 saturated carbocycles. The minimum absolute atomic E-state index is 0.0475. The largest absolute Gasteiger partial charge is 0.497 e. The molecular formula is C22H26N2O5. The number of benzene rings is 1. The van der Waals surface area contributed by atoms with E-state index in [0.717, 1.165) is 30.2 Å². The standard InChI is InChI=1S/C22H26N2O5/c1-13-16-8-7-15(28-2)12-19(16)29-22(27)17(13)9-10-20(25)24-11-3-4-18(24)21(26)23-14-5-6-14/h7-8,12,14,18H,3-6,9-11H2,1-2H3,(H,23,26). The van der Waals surface area contributed by atoms with Crippen molar-refractivity contribution in [2.24, 2.45) is 0 Å². The number of nitrogens with one attached hydrogen (secondary N) is 1. The SMILES string of the molecule is COc1ccc2c(C)c(CCC(=O)N3CCCC3C(=O)NC3CC3)c(=O)oc2c1. The Labute approximate surface area is 169 Å². The average Bonchev–Trinajstić information content (AvgIpc) is 3.38. The van der Waals surface area contributed by atoms with Crippen molar-refractivity contribution in [3.63, 3.8) is 0 Å². The fourth-order valence-corrected chi connectivity index (χ4v) is 4.03. The van der Waals surface area contributed by atoms with E-state index in [2.05, 4.69) is 5.32 Å². The van der Waals surface area contributed by atoms with Gasteiger partial charge in [0.2, 0.25) is 11.8 Å². The molecule has 1 N–H and O–H groups in total. The zero-order chi connectivity index (χ0) is 20.5. The van der Waals surface area contributed by atoms with Crippen LogP contribution in [0, 0.1) is 6.92 Å². The summed E-state index contributed by atoms with van der Waals surface area (Å²) in [5.74, 6) is 0.480. The van der Waals surface area contributed by atoms with E-state index in [0.29, 0.717) is 36.3 Å². The number of rotatable bonds is 6. The van der Waals surface area contributed by atoms with Gasteiger partial charge in [-0.3, -0.25) is 9.59 Å². The molecule has 1 aromatic heterocycles. The molecule has 2 aliphatic rings. The molecule has 1 aromatic carbocycles. The summed E-state index contributed by atoms with van der Waals surface area (Å²) in [6, 6.07) is 5.26. The minimum Gasteiger partial charge on any atom is -0.497 e. The second-order valence-electron chi connectivity index (χ2n) is 7.88. The maximum absolute atomic E-state index is 12.8. The highest BCUT2D eigenvalue weighted by Crippen LogP contribution is 2.26. The number of aryl methyl sites for hydroxylation is 1. The third-order valence-electron chi connectivity index (χ3n) is 5.88. The van der Waals surface area contributed by atoms with E-state index in [1.54, 1.807) is 18.1 Å². The van der Waals surface area contributed by atoms with Crippen LogP contribution in [0.5, 0.6) is 5.75 Å². The summed E-state index contributed by atoms with van der Waals surface area (Å²) in [4.78, 5) is 39.4. The quantitative estimate of drug-likeness (QED) is 0.755.